The van der Waals surface area contributed by atoms with E-state index in [1.165, 1.54) is 24.3 Å². The largest absolute Gasteiger partial charge is 0.491 e. The highest BCUT2D eigenvalue weighted by Crippen LogP contribution is 2.35. The quantitative estimate of drug-likeness (QED) is 0.376. The van der Waals surface area contributed by atoms with Crippen LogP contribution in [0.2, 0.25) is 0 Å². The number of hydrogen-bond acceptors (Lipinski definition) is 1. The van der Waals surface area contributed by atoms with Crippen LogP contribution in [0.1, 0.15) is 32.3 Å². The van der Waals surface area contributed by atoms with Gasteiger partial charge in [0, 0.05) is 16.7 Å². The average molecular weight is 402 g/mol. The van der Waals surface area contributed by atoms with Crippen molar-refractivity contribution in [3.8, 4) is 28.0 Å². The number of aryl methyl sites for hydroxylation is 1. The predicted octanol–water partition coefficient (Wildman–Crippen LogP) is 7.32. The maximum absolute atomic E-state index is 14.8. The third-order valence-corrected chi connectivity index (χ3v) is 4.80. The van der Waals surface area contributed by atoms with Gasteiger partial charge in [0.05, 0.1) is 6.61 Å². The van der Waals surface area contributed by atoms with E-state index in [-0.39, 0.29) is 29.0 Å². The Hall–Kier alpha value is -2.82. The van der Waals surface area contributed by atoms with Crippen molar-refractivity contribution in [3.63, 3.8) is 0 Å². The minimum Gasteiger partial charge on any atom is -0.491 e. The molecule has 29 heavy (non-hydrogen) atoms. The second-order valence-corrected chi connectivity index (χ2v) is 6.76. The number of hydrogen-bond donors (Lipinski definition) is 0. The normalized spacial score (nSPS) is 11.0. The lowest BCUT2D eigenvalue weighted by Crippen LogP contribution is -2.00. The molecule has 0 saturated carbocycles. The molecule has 3 aromatic carbocycles. The summed E-state index contributed by atoms with van der Waals surface area (Å²) in [6.07, 6.45) is 3.06. The van der Waals surface area contributed by atoms with Crippen molar-refractivity contribution < 1.29 is 22.3 Å². The fourth-order valence-corrected chi connectivity index (χ4v) is 3.22. The smallest absolute Gasteiger partial charge is 0.201 e. The molecule has 0 spiro atoms. The van der Waals surface area contributed by atoms with Gasteiger partial charge in [-0.05, 0) is 43.0 Å². The summed E-state index contributed by atoms with van der Waals surface area (Å²) in [5.74, 6) is -5.09. The number of halogens is 4. The van der Waals surface area contributed by atoms with Gasteiger partial charge in [-0.25, -0.2) is 13.2 Å². The summed E-state index contributed by atoms with van der Waals surface area (Å²) < 4.78 is 63.0. The molecule has 0 aliphatic carbocycles. The molecule has 0 fully saturated rings. The average Bonchev–Trinajstić information content (AvgIpc) is 2.73. The van der Waals surface area contributed by atoms with Gasteiger partial charge in [0.25, 0.3) is 0 Å². The molecule has 0 atom stereocenters. The standard InChI is InChI=1S/C24H22F4O/c1-3-5-6-15-7-9-16(10-8-15)17-11-12-18(22(26)21(17)25)19-13-14-20(29-4-2)24(28)23(19)27/h7-14H,3-6H2,1-2H3. The minimum atomic E-state index is -1.28. The molecule has 0 aromatic heterocycles. The van der Waals surface area contributed by atoms with Crippen LogP contribution in [0.25, 0.3) is 22.3 Å². The van der Waals surface area contributed by atoms with E-state index in [0.29, 0.717) is 5.56 Å². The van der Waals surface area contributed by atoms with Gasteiger partial charge < -0.3 is 4.74 Å². The molecule has 3 aromatic rings. The Bertz CT molecular complexity index is 997. The number of rotatable bonds is 7. The molecule has 0 unspecified atom stereocenters. The molecule has 0 aliphatic rings. The second kappa shape index (κ2) is 9.12. The first-order valence-corrected chi connectivity index (χ1v) is 9.66. The molecule has 3 rings (SSSR count). The zero-order valence-corrected chi connectivity index (χ0v) is 16.4. The molecule has 5 heteroatoms. The Morgan fingerprint density at radius 2 is 1.21 bits per heavy atom. The maximum atomic E-state index is 14.8. The van der Waals surface area contributed by atoms with Gasteiger partial charge in [0.2, 0.25) is 5.82 Å². The van der Waals surface area contributed by atoms with Gasteiger partial charge in [0.15, 0.2) is 23.2 Å². The van der Waals surface area contributed by atoms with Crippen LogP contribution in [0.5, 0.6) is 5.75 Å². The van der Waals surface area contributed by atoms with Gasteiger partial charge in [-0.2, -0.15) is 4.39 Å². The predicted molar refractivity (Wildman–Crippen MR) is 107 cm³/mol. The molecule has 1 nitrogen and oxygen atoms in total. The highest BCUT2D eigenvalue weighted by molar-refractivity contribution is 5.72. The summed E-state index contributed by atoms with van der Waals surface area (Å²) in [7, 11) is 0. The van der Waals surface area contributed by atoms with Crippen molar-refractivity contribution >= 4 is 0 Å². The molecular weight excluding hydrogens is 380 g/mol. The van der Waals surface area contributed by atoms with Crippen molar-refractivity contribution in [2.45, 2.75) is 33.1 Å². The van der Waals surface area contributed by atoms with Crippen molar-refractivity contribution in [2.24, 2.45) is 0 Å². The Balaban J connectivity index is 1.97. The van der Waals surface area contributed by atoms with Crippen LogP contribution in [0.15, 0.2) is 48.5 Å². The Kier molecular flexibility index (Phi) is 6.57. The number of ether oxygens (including phenoxy) is 1. The first-order valence-electron chi connectivity index (χ1n) is 9.66. The lowest BCUT2D eigenvalue weighted by atomic mass is 9.97. The Morgan fingerprint density at radius 3 is 1.83 bits per heavy atom. The molecule has 0 radical (unpaired) electrons. The SMILES string of the molecule is CCCCc1ccc(-c2ccc(-c3ccc(OCC)c(F)c3F)c(F)c2F)cc1. The zero-order chi connectivity index (χ0) is 21.0. The molecule has 152 valence electrons. The van der Waals surface area contributed by atoms with Gasteiger partial charge in [-0.1, -0.05) is 49.7 Å². The molecule has 0 bridgehead atoms. The number of unbranched alkanes of at least 4 members (excludes halogenated alkanes) is 1. The summed E-state index contributed by atoms with van der Waals surface area (Å²) in [4.78, 5) is 0. The van der Waals surface area contributed by atoms with E-state index in [2.05, 4.69) is 6.92 Å². The fourth-order valence-electron chi connectivity index (χ4n) is 3.22. The van der Waals surface area contributed by atoms with Crippen molar-refractivity contribution in [1.82, 2.24) is 0 Å². The lowest BCUT2D eigenvalue weighted by Gasteiger charge is -2.12. The minimum absolute atomic E-state index is 0.0695. The van der Waals surface area contributed by atoms with E-state index in [0.717, 1.165) is 24.8 Å². The summed E-state index contributed by atoms with van der Waals surface area (Å²) >= 11 is 0. The van der Waals surface area contributed by atoms with E-state index in [4.69, 9.17) is 4.74 Å². The van der Waals surface area contributed by atoms with E-state index in [1.807, 2.05) is 12.1 Å². The third-order valence-electron chi connectivity index (χ3n) is 4.80. The third kappa shape index (κ3) is 4.29. The Morgan fingerprint density at radius 1 is 0.655 bits per heavy atom. The van der Waals surface area contributed by atoms with E-state index < -0.39 is 23.3 Å². The first-order chi connectivity index (χ1) is 14.0. The van der Waals surface area contributed by atoms with E-state index in [1.54, 1.807) is 19.1 Å². The van der Waals surface area contributed by atoms with E-state index >= 15 is 0 Å². The molecule has 0 heterocycles. The van der Waals surface area contributed by atoms with Crippen LogP contribution in [-0.4, -0.2) is 6.61 Å². The Labute approximate surface area is 168 Å². The number of benzene rings is 3. The van der Waals surface area contributed by atoms with Gasteiger partial charge in [-0.15, -0.1) is 0 Å². The van der Waals surface area contributed by atoms with Crippen LogP contribution in [0, 0.1) is 23.3 Å². The van der Waals surface area contributed by atoms with Crippen molar-refractivity contribution in [2.75, 3.05) is 6.61 Å². The van der Waals surface area contributed by atoms with Crippen LogP contribution in [0.3, 0.4) is 0 Å². The van der Waals surface area contributed by atoms with Gasteiger partial charge in [0.1, 0.15) is 0 Å². The maximum Gasteiger partial charge on any atom is 0.201 e. The highest BCUT2D eigenvalue weighted by Gasteiger charge is 2.21. The monoisotopic (exact) mass is 402 g/mol. The summed E-state index contributed by atoms with van der Waals surface area (Å²) in [5.41, 5.74) is 1.01. The van der Waals surface area contributed by atoms with Gasteiger partial charge >= 0.3 is 0 Å². The zero-order valence-electron chi connectivity index (χ0n) is 16.4. The van der Waals surface area contributed by atoms with Crippen molar-refractivity contribution in [3.05, 3.63) is 77.4 Å². The van der Waals surface area contributed by atoms with Crippen LogP contribution < -0.4 is 4.74 Å². The molecular formula is C24H22F4O. The van der Waals surface area contributed by atoms with Gasteiger partial charge in [-0.3, -0.25) is 0 Å². The second-order valence-electron chi connectivity index (χ2n) is 6.76. The lowest BCUT2D eigenvalue weighted by molar-refractivity contribution is 0.314. The van der Waals surface area contributed by atoms with Crippen LogP contribution in [-0.2, 0) is 6.42 Å². The van der Waals surface area contributed by atoms with Crippen molar-refractivity contribution in [1.29, 1.82) is 0 Å². The molecule has 0 aliphatic heterocycles. The fraction of sp³-hybridized carbons (Fsp3) is 0.250. The first kappa shape index (κ1) is 20.9. The topological polar surface area (TPSA) is 9.23 Å². The summed E-state index contributed by atoms with van der Waals surface area (Å²) in [6.45, 7) is 3.90. The summed E-state index contributed by atoms with van der Waals surface area (Å²) in [5, 5.41) is 0. The molecule has 0 N–H and O–H groups in total. The van der Waals surface area contributed by atoms with Crippen LogP contribution >= 0.6 is 0 Å². The van der Waals surface area contributed by atoms with Crippen LogP contribution in [0.4, 0.5) is 17.6 Å². The van der Waals surface area contributed by atoms with E-state index in [9.17, 15) is 17.6 Å². The highest BCUT2D eigenvalue weighted by atomic mass is 19.2. The molecule has 0 amide bonds. The summed E-state index contributed by atoms with van der Waals surface area (Å²) in [6, 6.07) is 12.3. The molecule has 0 saturated heterocycles.